The first-order valence-corrected chi connectivity index (χ1v) is 9.63. The molecule has 0 saturated carbocycles. The Hall–Kier alpha value is -3.74. The number of aromatic nitrogens is 4. The Morgan fingerprint density at radius 3 is 2.40 bits per heavy atom. The van der Waals surface area contributed by atoms with Gasteiger partial charge in [0.15, 0.2) is 0 Å². The molecule has 4 rings (SSSR count). The maximum Gasteiger partial charge on any atom is 0.320 e. The molecular formula is C23H22N4O3. The molecule has 2 aromatic heterocycles. The van der Waals surface area contributed by atoms with Crippen LogP contribution in [0, 0.1) is 27.7 Å². The number of benzene rings is 2. The molecule has 0 unspecified atom stereocenters. The maximum absolute atomic E-state index is 12.7. The second-order valence-electron chi connectivity index (χ2n) is 7.51. The molecule has 2 heterocycles. The van der Waals surface area contributed by atoms with Crippen LogP contribution >= 0.6 is 0 Å². The van der Waals surface area contributed by atoms with Gasteiger partial charge in [0.2, 0.25) is 11.7 Å². The van der Waals surface area contributed by atoms with Gasteiger partial charge in [0.1, 0.15) is 6.54 Å². The summed E-state index contributed by atoms with van der Waals surface area (Å²) in [5, 5.41) is 4.01. The number of hydrogen-bond donors (Lipinski definition) is 0. The fourth-order valence-corrected chi connectivity index (χ4v) is 3.26. The van der Waals surface area contributed by atoms with Gasteiger partial charge >= 0.3 is 11.1 Å². The number of aryl methyl sites for hydroxylation is 4. The third kappa shape index (κ3) is 3.61. The van der Waals surface area contributed by atoms with E-state index in [9.17, 15) is 9.59 Å². The number of nitrogens with zero attached hydrogens (tertiary/aromatic N) is 4. The molecular weight excluding hydrogens is 380 g/mol. The Bertz CT molecular complexity index is 1360. The van der Waals surface area contributed by atoms with Crippen LogP contribution in [0.25, 0.3) is 17.1 Å². The summed E-state index contributed by atoms with van der Waals surface area (Å²) in [6, 6.07) is 11.7. The lowest BCUT2D eigenvalue weighted by molar-refractivity contribution is 0.369. The summed E-state index contributed by atoms with van der Waals surface area (Å²) in [5.74, 6) is 0.707. The fraction of sp³-hybridized carbons (Fsp3) is 0.217. The van der Waals surface area contributed by atoms with Gasteiger partial charge in [-0.2, -0.15) is 4.98 Å². The first-order valence-electron chi connectivity index (χ1n) is 9.63. The Kier molecular flexibility index (Phi) is 4.95. The van der Waals surface area contributed by atoms with Crippen molar-refractivity contribution in [3.05, 3.63) is 97.6 Å². The summed E-state index contributed by atoms with van der Waals surface area (Å²) in [5.41, 5.74) is 4.49. The van der Waals surface area contributed by atoms with Gasteiger partial charge in [0.05, 0.1) is 5.69 Å². The van der Waals surface area contributed by atoms with E-state index in [0.717, 1.165) is 22.3 Å². The summed E-state index contributed by atoms with van der Waals surface area (Å²) in [4.78, 5) is 29.7. The SMILES string of the molecule is Cc1ccc(C)c(-n2ccn(Cc3nc(-c4ccc(C)c(C)c4)no3)c(=O)c2=O)c1. The summed E-state index contributed by atoms with van der Waals surface area (Å²) >= 11 is 0. The van der Waals surface area contributed by atoms with Gasteiger partial charge in [0.25, 0.3) is 0 Å². The van der Waals surface area contributed by atoms with Crippen LogP contribution in [-0.4, -0.2) is 19.3 Å². The highest BCUT2D eigenvalue weighted by Crippen LogP contribution is 2.19. The Morgan fingerprint density at radius 2 is 1.63 bits per heavy atom. The van der Waals surface area contributed by atoms with Crippen LogP contribution < -0.4 is 11.1 Å². The van der Waals surface area contributed by atoms with Crippen LogP contribution in [0.4, 0.5) is 0 Å². The van der Waals surface area contributed by atoms with Gasteiger partial charge in [-0.05, 0) is 62.1 Å². The van der Waals surface area contributed by atoms with Gasteiger partial charge in [-0.1, -0.05) is 29.4 Å². The van der Waals surface area contributed by atoms with Crippen molar-refractivity contribution in [1.29, 1.82) is 0 Å². The van der Waals surface area contributed by atoms with Gasteiger partial charge in [-0.3, -0.25) is 18.7 Å². The topological polar surface area (TPSA) is 82.9 Å². The van der Waals surface area contributed by atoms with Crippen LogP contribution in [0.15, 0.2) is 62.9 Å². The van der Waals surface area contributed by atoms with E-state index in [1.165, 1.54) is 14.7 Å². The lowest BCUT2D eigenvalue weighted by Crippen LogP contribution is -2.40. The van der Waals surface area contributed by atoms with Crippen LogP contribution in [0.2, 0.25) is 0 Å². The van der Waals surface area contributed by atoms with E-state index < -0.39 is 11.1 Å². The van der Waals surface area contributed by atoms with Gasteiger partial charge in [-0.25, -0.2) is 0 Å². The van der Waals surface area contributed by atoms with E-state index in [0.29, 0.717) is 11.5 Å². The van der Waals surface area contributed by atoms with Crippen molar-refractivity contribution in [2.24, 2.45) is 0 Å². The van der Waals surface area contributed by atoms with Crippen molar-refractivity contribution in [3.8, 4) is 17.1 Å². The average molecular weight is 402 g/mol. The maximum atomic E-state index is 12.7. The van der Waals surface area contributed by atoms with Gasteiger partial charge in [0, 0.05) is 18.0 Å². The minimum absolute atomic E-state index is 0.0273. The first-order chi connectivity index (χ1) is 14.3. The third-order valence-electron chi connectivity index (χ3n) is 5.22. The van der Waals surface area contributed by atoms with E-state index in [4.69, 9.17) is 4.52 Å². The molecule has 0 spiro atoms. The average Bonchev–Trinajstić information content (AvgIpc) is 3.18. The van der Waals surface area contributed by atoms with E-state index in [-0.39, 0.29) is 12.4 Å². The van der Waals surface area contributed by atoms with E-state index in [1.807, 2.05) is 64.1 Å². The molecule has 0 aliphatic heterocycles. The Labute approximate surface area is 173 Å². The van der Waals surface area contributed by atoms with Crippen molar-refractivity contribution in [1.82, 2.24) is 19.3 Å². The lowest BCUT2D eigenvalue weighted by Gasteiger charge is -2.11. The smallest absolute Gasteiger partial charge is 0.320 e. The van der Waals surface area contributed by atoms with Crippen molar-refractivity contribution in [2.45, 2.75) is 34.2 Å². The molecule has 152 valence electrons. The van der Waals surface area contributed by atoms with Crippen molar-refractivity contribution in [2.75, 3.05) is 0 Å². The molecule has 0 aliphatic carbocycles. The van der Waals surface area contributed by atoms with Crippen molar-refractivity contribution >= 4 is 0 Å². The van der Waals surface area contributed by atoms with Gasteiger partial charge < -0.3 is 4.52 Å². The standard InChI is InChI=1S/C23H22N4O3/c1-14-5-6-16(3)19(11-14)27-10-9-26(22(28)23(27)29)13-20-24-21(25-30-20)18-8-7-15(2)17(4)12-18/h5-12H,13H2,1-4H3. The van der Waals surface area contributed by atoms with Crippen LogP contribution in [-0.2, 0) is 6.54 Å². The predicted octanol–water partition coefficient (Wildman–Crippen LogP) is 3.33. The molecule has 0 N–H and O–H groups in total. The Balaban J connectivity index is 1.65. The molecule has 0 fully saturated rings. The van der Waals surface area contributed by atoms with Crippen molar-refractivity contribution in [3.63, 3.8) is 0 Å². The quantitative estimate of drug-likeness (QED) is 0.489. The highest BCUT2D eigenvalue weighted by molar-refractivity contribution is 5.56. The molecule has 0 atom stereocenters. The zero-order chi connectivity index (χ0) is 21.4. The summed E-state index contributed by atoms with van der Waals surface area (Å²) in [7, 11) is 0. The zero-order valence-electron chi connectivity index (χ0n) is 17.3. The fourth-order valence-electron chi connectivity index (χ4n) is 3.26. The second-order valence-corrected chi connectivity index (χ2v) is 7.51. The minimum Gasteiger partial charge on any atom is -0.337 e. The number of hydrogen-bond acceptors (Lipinski definition) is 5. The molecule has 0 saturated heterocycles. The van der Waals surface area contributed by atoms with Gasteiger partial charge in [-0.15, -0.1) is 0 Å². The molecule has 0 amide bonds. The number of rotatable bonds is 4. The van der Waals surface area contributed by atoms with Crippen LogP contribution in [0.5, 0.6) is 0 Å². The molecule has 0 radical (unpaired) electrons. The molecule has 7 nitrogen and oxygen atoms in total. The lowest BCUT2D eigenvalue weighted by atomic mass is 10.1. The molecule has 4 aromatic rings. The molecule has 30 heavy (non-hydrogen) atoms. The van der Waals surface area contributed by atoms with E-state index >= 15 is 0 Å². The third-order valence-corrected chi connectivity index (χ3v) is 5.22. The van der Waals surface area contributed by atoms with Crippen molar-refractivity contribution < 1.29 is 4.52 Å². The zero-order valence-corrected chi connectivity index (χ0v) is 17.3. The van der Waals surface area contributed by atoms with E-state index in [2.05, 4.69) is 10.1 Å². The summed E-state index contributed by atoms with van der Waals surface area (Å²) < 4.78 is 7.96. The second kappa shape index (κ2) is 7.59. The molecule has 0 bridgehead atoms. The van der Waals surface area contributed by atoms with E-state index in [1.54, 1.807) is 12.4 Å². The first kappa shape index (κ1) is 19.6. The Morgan fingerprint density at radius 1 is 0.867 bits per heavy atom. The molecule has 7 heteroatoms. The van der Waals surface area contributed by atoms with Crippen LogP contribution in [0.3, 0.4) is 0 Å². The molecule has 2 aromatic carbocycles. The van der Waals surface area contributed by atoms with Crippen LogP contribution in [0.1, 0.15) is 28.1 Å². The predicted molar refractivity (Wildman–Crippen MR) is 114 cm³/mol. The highest BCUT2D eigenvalue weighted by Gasteiger charge is 2.13. The molecule has 0 aliphatic rings. The minimum atomic E-state index is -0.649. The normalized spacial score (nSPS) is 11.1. The highest BCUT2D eigenvalue weighted by atomic mass is 16.5. The largest absolute Gasteiger partial charge is 0.337 e. The monoisotopic (exact) mass is 402 g/mol. The summed E-state index contributed by atoms with van der Waals surface area (Å²) in [6.45, 7) is 7.93. The summed E-state index contributed by atoms with van der Waals surface area (Å²) in [6.07, 6.45) is 3.15.